The van der Waals surface area contributed by atoms with Gasteiger partial charge in [-0.25, -0.2) is 13.6 Å². The Morgan fingerprint density at radius 1 is 1.09 bits per heavy atom. The molecule has 1 aliphatic carbocycles. The van der Waals surface area contributed by atoms with E-state index in [9.17, 15) is 13.2 Å². The van der Waals surface area contributed by atoms with Crippen LogP contribution in [0.15, 0.2) is 47.4 Å². The van der Waals surface area contributed by atoms with E-state index in [2.05, 4.69) is 0 Å². The van der Waals surface area contributed by atoms with E-state index in [0.29, 0.717) is 41.6 Å². The van der Waals surface area contributed by atoms with Crippen LogP contribution in [0.5, 0.6) is 11.5 Å². The number of halogens is 2. The third-order valence-corrected chi connectivity index (χ3v) is 8.20. The predicted octanol–water partition coefficient (Wildman–Crippen LogP) is 4.20. The summed E-state index contributed by atoms with van der Waals surface area (Å²) < 4.78 is 34.6. The van der Waals surface area contributed by atoms with Gasteiger partial charge in [-0.1, -0.05) is 17.7 Å². The Morgan fingerprint density at radius 2 is 1.82 bits per heavy atom. The molecule has 1 saturated heterocycles. The van der Waals surface area contributed by atoms with Crippen LogP contribution in [0.3, 0.4) is 0 Å². The van der Waals surface area contributed by atoms with Crippen molar-refractivity contribution in [1.82, 2.24) is 0 Å². The number of rotatable bonds is 6. The van der Waals surface area contributed by atoms with Crippen LogP contribution in [0.2, 0.25) is 5.02 Å². The molecule has 1 aliphatic heterocycles. The second-order valence-electron chi connectivity index (χ2n) is 8.52. The molecule has 2 fully saturated rings. The van der Waals surface area contributed by atoms with Crippen LogP contribution in [-0.2, 0) is 14.8 Å². The van der Waals surface area contributed by atoms with Crippen LogP contribution < -0.4 is 19.5 Å². The number of nitrogens with zero attached hydrogens (tertiary/aromatic N) is 1. The van der Waals surface area contributed by atoms with Gasteiger partial charge in [0.1, 0.15) is 6.10 Å². The number of carbonyl (C=O) groups excluding carboxylic acids is 1. The third kappa shape index (κ3) is 5.24. The molecule has 2 N–H and O–H groups in total. The van der Waals surface area contributed by atoms with Gasteiger partial charge in [0.2, 0.25) is 15.9 Å². The van der Waals surface area contributed by atoms with E-state index >= 15 is 0 Å². The fourth-order valence-electron chi connectivity index (χ4n) is 4.70. The maximum absolute atomic E-state index is 12.8. The highest BCUT2D eigenvalue weighted by Gasteiger charge is 2.41. The molecule has 7 nitrogen and oxygen atoms in total. The molecule has 0 radical (unpaired) electrons. The minimum atomic E-state index is -3.78. The molecule has 3 unspecified atom stereocenters. The molecule has 0 aromatic heterocycles. The summed E-state index contributed by atoms with van der Waals surface area (Å²) in [7, 11) is -2.21. The van der Waals surface area contributed by atoms with E-state index in [1.165, 1.54) is 12.1 Å². The Morgan fingerprint density at radius 3 is 2.48 bits per heavy atom. The van der Waals surface area contributed by atoms with Gasteiger partial charge in [-0.2, -0.15) is 0 Å². The molecular formula is C23H26Cl2N2O5S. The summed E-state index contributed by atoms with van der Waals surface area (Å²) in [6, 6.07) is 11.4. The Bertz CT molecular complexity index is 1130. The number of ether oxygens (including phenoxy) is 2. The van der Waals surface area contributed by atoms with E-state index in [-0.39, 0.29) is 34.1 Å². The number of hydrogen-bond donors (Lipinski definition) is 1. The maximum atomic E-state index is 12.8. The number of benzene rings is 2. The van der Waals surface area contributed by atoms with Crippen LogP contribution in [0, 0.1) is 11.8 Å². The van der Waals surface area contributed by atoms with Crippen LogP contribution in [-0.4, -0.2) is 39.5 Å². The molecule has 2 aromatic rings. The SMILES string of the molecule is COc1cccc(Cl)c1OC1CC([C@H]2CC(=O)N(c3ccc(S(N)(=O)=O)cc3)C2)CCC1Cl. The fraction of sp³-hybridized carbons (Fsp3) is 0.435. The van der Waals surface area contributed by atoms with Gasteiger partial charge < -0.3 is 14.4 Å². The van der Waals surface area contributed by atoms with Crippen molar-refractivity contribution in [2.24, 2.45) is 17.0 Å². The number of primary sulfonamides is 1. The largest absolute Gasteiger partial charge is 0.493 e. The van der Waals surface area contributed by atoms with Gasteiger partial charge in [0.15, 0.2) is 11.5 Å². The number of anilines is 1. The number of para-hydroxylation sites is 1. The number of nitrogens with two attached hydrogens (primary N) is 1. The van der Waals surface area contributed by atoms with Crippen molar-refractivity contribution < 1.29 is 22.7 Å². The molecule has 4 atom stereocenters. The normalized spacial score (nSPS) is 25.8. The molecule has 1 saturated carbocycles. The monoisotopic (exact) mass is 512 g/mol. The molecule has 178 valence electrons. The number of sulfonamides is 1. The first-order valence-corrected chi connectivity index (χ1v) is 13.1. The van der Waals surface area contributed by atoms with Crippen LogP contribution in [0.25, 0.3) is 0 Å². The first-order valence-electron chi connectivity index (χ1n) is 10.7. The highest BCUT2D eigenvalue weighted by atomic mass is 35.5. The first kappa shape index (κ1) is 24.1. The van der Waals surface area contributed by atoms with Crippen molar-refractivity contribution in [3.8, 4) is 11.5 Å². The summed E-state index contributed by atoms with van der Waals surface area (Å²) >= 11 is 13.0. The van der Waals surface area contributed by atoms with E-state index in [4.69, 9.17) is 37.8 Å². The summed E-state index contributed by atoms with van der Waals surface area (Å²) in [5.41, 5.74) is 0.662. The Balaban J connectivity index is 1.46. The third-order valence-electron chi connectivity index (χ3n) is 6.47. The summed E-state index contributed by atoms with van der Waals surface area (Å²) in [4.78, 5) is 14.5. The zero-order valence-corrected chi connectivity index (χ0v) is 20.4. The second kappa shape index (κ2) is 9.70. The average molecular weight is 513 g/mol. The van der Waals surface area contributed by atoms with E-state index < -0.39 is 10.0 Å². The number of methoxy groups -OCH3 is 1. The highest BCUT2D eigenvalue weighted by Crippen LogP contribution is 2.42. The van der Waals surface area contributed by atoms with Crippen molar-refractivity contribution >= 4 is 44.8 Å². The molecule has 2 aliphatic rings. The number of amides is 1. The second-order valence-corrected chi connectivity index (χ2v) is 11.1. The van der Waals surface area contributed by atoms with Crippen molar-refractivity contribution in [3.05, 3.63) is 47.5 Å². The Hall–Kier alpha value is -2.00. The van der Waals surface area contributed by atoms with Gasteiger partial charge in [-0.15, -0.1) is 11.6 Å². The molecular weight excluding hydrogens is 487 g/mol. The van der Waals surface area contributed by atoms with Gasteiger partial charge in [0, 0.05) is 18.7 Å². The summed E-state index contributed by atoms with van der Waals surface area (Å²) in [6.07, 6.45) is 2.56. The zero-order chi connectivity index (χ0) is 23.8. The molecule has 4 rings (SSSR count). The number of alkyl halides is 1. The average Bonchev–Trinajstić information content (AvgIpc) is 3.17. The van der Waals surface area contributed by atoms with Crippen molar-refractivity contribution in [2.75, 3.05) is 18.6 Å². The van der Waals surface area contributed by atoms with Gasteiger partial charge >= 0.3 is 0 Å². The molecule has 10 heteroatoms. The van der Waals surface area contributed by atoms with Gasteiger partial charge in [0.05, 0.1) is 22.4 Å². The number of hydrogen-bond acceptors (Lipinski definition) is 5. The number of carbonyl (C=O) groups is 1. The standard InChI is InChI=1S/C23H26Cl2N2O5S/c1-31-20-4-2-3-19(25)23(20)32-21-11-14(5-10-18(21)24)15-12-22(28)27(13-15)16-6-8-17(9-7-16)33(26,29)30/h2-4,6-9,14-15,18,21H,5,10-13H2,1H3,(H2,26,29,30)/t14?,15-,18?,21?/m0/s1. The van der Waals surface area contributed by atoms with Crippen molar-refractivity contribution in [3.63, 3.8) is 0 Å². The smallest absolute Gasteiger partial charge is 0.238 e. The lowest BCUT2D eigenvalue weighted by molar-refractivity contribution is -0.117. The molecule has 0 spiro atoms. The van der Waals surface area contributed by atoms with E-state index in [0.717, 1.165) is 12.8 Å². The predicted molar refractivity (Wildman–Crippen MR) is 128 cm³/mol. The molecule has 33 heavy (non-hydrogen) atoms. The van der Waals surface area contributed by atoms with E-state index in [1.54, 1.807) is 42.3 Å². The van der Waals surface area contributed by atoms with Crippen LogP contribution >= 0.6 is 23.2 Å². The molecule has 0 bridgehead atoms. The topological polar surface area (TPSA) is 98.9 Å². The highest BCUT2D eigenvalue weighted by molar-refractivity contribution is 7.89. The molecule has 1 heterocycles. The summed E-state index contributed by atoms with van der Waals surface area (Å²) in [5, 5.41) is 5.46. The Labute approximate surface area is 203 Å². The van der Waals surface area contributed by atoms with Crippen LogP contribution in [0.1, 0.15) is 25.7 Å². The summed E-state index contributed by atoms with van der Waals surface area (Å²) in [6.45, 7) is 0.563. The molecule has 2 aromatic carbocycles. The lowest BCUT2D eigenvalue weighted by Gasteiger charge is -2.36. The minimum Gasteiger partial charge on any atom is -0.493 e. The van der Waals surface area contributed by atoms with Gasteiger partial charge in [-0.3, -0.25) is 4.79 Å². The lowest BCUT2D eigenvalue weighted by Crippen LogP contribution is -2.38. The van der Waals surface area contributed by atoms with Crippen LogP contribution in [0.4, 0.5) is 5.69 Å². The van der Waals surface area contributed by atoms with E-state index in [1.807, 2.05) is 0 Å². The first-order chi connectivity index (χ1) is 15.7. The maximum Gasteiger partial charge on any atom is 0.238 e. The van der Waals surface area contributed by atoms with Gasteiger partial charge in [-0.05, 0) is 67.5 Å². The summed E-state index contributed by atoms with van der Waals surface area (Å²) in [5.74, 6) is 1.47. The van der Waals surface area contributed by atoms with Crippen molar-refractivity contribution in [2.45, 2.75) is 42.1 Å². The van der Waals surface area contributed by atoms with Crippen molar-refractivity contribution in [1.29, 1.82) is 0 Å². The Kier molecular flexibility index (Phi) is 7.09. The fourth-order valence-corrected chi connectivity index (χ4v) is 5.71. The van der Waals surface area contributed by atoms with Gasteiger partial charge in [0.25, 0.3) is 0 Å². The minimum absolute atomic E-state index is 0.0154. The zero-order valence-electron chi connectivity index (χ0n) is 18.1. The molecule has 1 amide bonds. The lowest BCUT2D eigenvalue weighted by atomic mass is 9.78. The quantitative estimate of drug-likeness (QED) is 0.584.